The number of carbonyl (C=O) groups is 1. The number of hydrogen-bond acceptors (Lipinski definition) is 5. The Kier molecular flexibility index (Phi) is 5.39. The summed E-state index contributed by atoms with van der Waals surface area (Å²) in [6, 6.07) is 0.838. The lowest BCUT2D eigenvalue weighted by Gasteiger charge is -2.24. The third-order valence-electron chi connectivity index (χ3n) is 2.79. The fraction of sp³-hybridized carbons (Fsp3) is 0.571. The average molecular weight is 330 g/mol. The molecule has 1 atom stereocenters. The Morgan fingerprint density at radius 1 is 1.41 bits per heavy atom. The van der Waals surface area contributed by atoms with Crippen LogP contribution in [0.25, 0.3) is 0 Å². The van der Waals surface area contributed by atoms with Gasteiger partial charge < -0.3 is 15.0 Å². The molecule has 0 aliphatic carbocycles. The first-order valence-electron chi connectivity index (χ1n) is 6.87. The molecule has 1 heterocycles. The molecule has 0 fully saturated rings. The van der Waals surface area contributed by atoms with Crippen LogP contribution in [-0.4, -0.2) is 31.4 Å². The Morgan fingerprint density at radius 2 is 2.00 bits per heavy atom. The lowest BCUT2D eigenvalue weighted by molar-refractivity contribution is 0.0501. The van der Waals surface area contributed by atoms with Gasteiger partial charge in [-0.2, -0.15) is 0 Å². The molecule has 1 rings (SSSR count). The van der Waals surface area contributed by atoms with Crippen molar-refractivity contribution < 1.29 is 17.9 Å². The molecule has 0 unspecified atom stereocenters. The van der Waals surface area contributed by atoms with Crippen LogP contribution < -0.4 is 10.9 Å². The second-order valence-corrected chi connectivity index (χ2v) is 7.92. The van der Waals surface area contributed by atoms with Crippen LogP contribution in [-0.2, 0) is 14.6 Å². The molecule has 0 saturated carbocycles. The third kappa shape index (κ3) is 4.87. The van der Waals surface area contributed by atoms with Gasteiger partial charge in [0.2, 0.25) is 0 Å². The Balaban J connectivity index is 3.20. The minimum absolute atomic E-state index is 0.250. The third-order valence-corrected chi connectivity index (χ3v) is 3.95. The second-order valence-electron chi connectivity index (χ2n) is 5.97. The minimum atomic E-state index is -3.73. The number of nitrogens with one attached hydrogen (secondary N) is 2. The smallest absolute Gasteiger partial charge is 0.408 e. The molecular formula is C14H22N2O5S. The first-order valence-corrected chi connectivity index (χ1v) is 8.76. The normalized spacial score (nSPS) is 13.5. The number of aromatic nitrogens is 1. The van der Waals surface area contributed by atoms with E-state index < -0.39 is 33.1 Å². The highest BCUT2D eigenvalue weighted by Crippen LogP contribution is 2.22. The standard InChI is InChI=1S/C14H22N2O5S/c1-6-10(16-13(18)21-14(2,3)4)9-7-8-15-12(17)11(9)22(5,19)20/h7-8,10H,6H2,1-5H3,(H,15,17)(H,16,18)/t10-/m0/s1. The van der Waals surface area contributed by atoms with Crippen molar-refractivity contribution in [2.75, 3.05) is 6.26 Å². The molecule has 0 bridgehead atoms. The molecule has 0 radical (unpaired) electrons. The van der Waals surface area contributed by atoms with Gasteiger partial charge in [-0.1, -0.05) is 6.92 Å². The Morgan fingerprint density at radius 3 is 2.45 bits per heavy atom. The lowest BCUT2D eigenvalue weighted by Crippen LogP contribution is -2.36. The van der Waals surface area contributed by atoms with Gasteiger partial charge >= 0.3 is 6.09 Å². The second kappa shape index (κ2) is 6.51. The van der Waals surface area contributed by atoms with E-state index in [9.17, 15) is 18.0 Å². The van der Waals surface area contributed by atoms with Crippen LogP contribution in [0.4, 0.5) is 4.79 Å². The molecule has 1 aromatic rings. The molecule has 7 nitrogen and oxygen atoms in total. The van der Waals surface area contributed by atoms with Gasteiger partial charge in [0.15, 0.2) is 9.84 Å². The number of carbonyl (C=O) groups excluding carboxylic acids is 1. The molecule has 0 saturated heterocycles. The first kappa shape index (κ1) is 18.2. The summed E-state index contributed by atoms with van der Waals surface area (Å²) in [7, 11) is -3.73. The summed E-state index contributed by atoms with van der Waals surface area (Å²) in [5.41, 5.74) is -1.13. The monoisotopic (exact) mass is 330 g/mol. The van der Waals surface area contributed by atoms with Gasteiger partial charge in [-0.05, 0) is 33.3 Å². The van der Waals surface area contributed by atoms with E-state index in [1.54, 1.807) is 27.7 Å². The van der Waals surface area contributed by atoms with E-state index in [1.807, 2.05) is 0 Å². The number of amides is 1. The predicted molar refractivity (Wildman–Crippen MR) is 82.6 cm³/mol. The quantitative estimate of drug-likeness (QED) is 0.875. The Labute approximate surface area is 130 Å². The number of pyridine rings is 1. The van der Waals surface area contributed by atoms with Crippen LogP contribution in [0, 0.1) is 0 Å². The maximum Gasteiger partial charge on any atom is 0.408 e. The molecular weight excluding hydrogens is 308 g/mol. The minimum Gasteiger partial charge on any atom is -0.444 e. The average Bonchev–Trinajstić information content (AvgIpc) is 2.31. The topological polar surface area (TPSA) is 105 Å². The SMILES string of the molecule is CC[C@H](NC(=O)OC(C)(C)C)c1cc[nH]c(=O)c1S(C)(=O)=O. The summed E-state index contributed by atoms with van der Waals surface area (Å²) < 4.78 is 28.9. The van der Waals surface area contributed by atoms with E-state index in [-0.39, 0.29) is 10.5 Å². The van der Waals surface area contributed by atoms with Crippen molar-refractivity contribution in [1.82, 2.24) is 10.3 Å². The van der Waals surface area contributed by atoms with Crippen LogP contribution in [0.15, 0.2) is 22.0 Å². The highest BCUT2D eigenvalue weighted by atomic mass is 32.2. The van der Waals surface area contributed by atoms with E-state index in [0.29, 0.717) is 6.42 Å². The number of H-pyrrole nitrogens is 1. The molecule has 0 spiro atoms. The fourth-order valence-electron chi connectivity index (χ4n) is 1.99. The Hall–Kier alpha value is -1.83. The molecule has 22 heavy (non-hydrogen) atoms. The number of ether oxygens (including phenoxy) is 1. The van der Waals surface area contributed by atoms with Crippen molar-refractivity contribution in [3.8, 4) is 0 Å². The van der Waals surface area contributed by atoms with Crippen LogP contribution in [0.5, 0.6) is 0 Å². The molecule has 8 heteroatoms. The maximum atomic E-state index is 11.9. The van der Waals surface area contributed by atoms with Gasteiger partial charge in [0.05, 0.1) is 6.04 Å². The number of alkyl carbamates (subject to hydrolysis) is 1. The van der Waals surface area contributed by atoms with Crippen LogP contribution in [0.3, 0.4) is 0 Å². The highest BCUT2D eigenvalue weighted by Gasteiger charge is 2.25. The van der Waals surface area contributed by atoms with E-state index in [2.05, 4.69) is 10.3 Å². The molecule has 1 aromatic heterocycles. The van der Waals surface area contributed by atoms with Crippen molar-refractivity contribution in [2.24, 2.45) is 0 Å². The molecule has 124 valence electrons. The summed E-state index contributed by atoms with van der Waals surface area (Å²) in [5, 5.41) is 2.60. The number of rotatable bonds is 4. The molecule has 0 aliphatic heterocycles. The maximum absolute atomic E-state index is 11.9. The van der Waals surface area contributed by atoms with E-state index in [0.717, 1.165) is 6.26 Å². The van der Waals surface area contributed by atoms with Crippen LogP contribution in [0.2, 0.25) is 0 Å². The van der Waals surface area contributed by atoms with Gasteiger partial charge in [0.25, 0.3) is 5.56 Å². The van der Waals surface area contributed by atoms with Crippen molar-refractivity contribution in [3.05, 3.63) is 28.2 Å². The van der Waals surface area contributed by atoms with Crippen molar-refractivity contribution >= 4 is 15.9 Å². The van der Waals surface area contributed by atoms with Crippen LogP contribution in [0.1, 0.15) is 45.7 Å². The van der Waals surface area contributed by atoms with E-state index in [1.165, 1.54) is 12.3 Å². The van der Waals surface area contributed by atoms with Gasteiger partial charge in [0, 0.05) is 18.0 Å². The molecule has 1 amide bonds. The number of sulfone groups is 1. The van der Waals surface area contributed by atoms with Crippen molar-refractivity contribution in [1.29, 1.82) is 0 Å². The Bertz CT molecular complexity index is 701. The summed E-state index contributed by atoms with van der Waals surface area (Å²) in [4.78, 5) is 25.7. The highest BCUT2D eigenvalue weighted by molar-refractivity contribution is 7.90. The van der Waals surface area contributed by atoms with Gasteiger partial charge in [-0.15, -0.1) is 0 Å². The van der Waals surface area contributed by atoms with Gasteiger partial charge in [-0.25, -0.2) is 13.2 Å². The first-order chi connectivity index (χ1) is 9.95. The molecule has 0 aliphatic rings. The number of hydrogen-bond donors (Lipinski definition) is 2. The summed E-state index contributed by atoms with van der Waals surface area (Å²) in [6.45, 7) is 6.95. The zero-order valence-corrected chi connectivity index (χ0v) is 14.2. The summed E-state index contributed by atoms with van der Waals surface area (Å²) >= 11 is 0. The number of aromatic amines is 1. The largest absolute Gasteiger partial charge is 0.444 e. The fourth-order valence-corrected chi connectivity index (χ4v) is 3.02. The lowest BCUT2D eigenvalue weighted by atomic mass is 10.1. The van der Waals surface area contributed by atoms with E-state index >= 15 is 0 Å². The zero-order valence-electron chi connectivity index (χ0n) is 13.4. The van der Waals surface area contributed by atoms with Gasteiger partial charge in [0.1, 0.15) is 10.5 Å². The summed E-state index contributed by atoms with van der Waals surface area (Å²) in [5.74, 6) is 0. The van der Waals surface area contributed by atoms with E-state index in [4.69, 9.17) is 4.74 Å². The predicted octanol–water partition coefficient (Wildman–Crippen LogP) is 1.75. The molecule has 2 N–H and O–H groups in total. The molecule has 0 aromatic carbocycles. The summed E-state index contributed by atoms with van der Waals surface area (Å²) in [6.07, 6.45) is 2.05. The zero-order chi connectivity index (χ0) is 17.1. The van der Waals surface area contributed by atoms with Crippen molar-refractivity contribution in [3.63, 3.8) is 0 Å². The van der Waals surface area contributed by atoms with Crippen LogP contribution >= 0.6 is 0 Å². The van der Waals surface area contributed by atoms with Gasteiger partial charge in [-0.3, -0.25) is 4.79 Å². The van der Waals surface area contributed by atoms with Crippen molar-refractivity contribution in [2.45, 2.75) is 50.7 Å².